The molecule has 1 aromatic carbocycles. The van der Waals surface area contributed by atoms with Crippen molar-refractivity contribution in [1.29, 1.82) is 0 Å². The van der Waals surface area contributed by atoms with Crippen molar-refractivity contribution >= 4 is 5.69 Å². The van der Waals surface area contributed by atoms with E-state index in [0.717, 1.165) is 18.5 Å². The fourth-order valence-electron chi connectivity index (χ4n) is 1.93. The molecule has 76 valence electrons. The van der Waals surface area contributed by atoms with E-state index in [-0.39, 0.29) is 6.54 Å². The number of fused-ring (bicyclic) bond motifs is 1. The highest BCUT2D eigenvalue weighted by Gasteiger charge is 2.16. The van der Waals surface area contributed by atoms with Gasteiger partial charge in [-0.1, -0.05) is 12.1 Å². The van der Waals surface area contributed by atoms with Crippen molar-refractivity contribution < 1.29 is 5.11 Å². The summed E-state index contributed by atoms with van der Waals surface area (Å²) in [7, 11) is 2.09. The Hall–Kier alpha value is -1.06. The van der Waals surface area contributed by atoms with Gasteiger partial charge in [0.2, 0.25) is 0 Å². The van der Waals surface area contributed by atoms with Crippen molar-refractivity contribution in [3.05, 3.63) is 29.3 Å². The molecule has 1 aliphatic rings. The zero-order valence-electron chi connectivity index (χ0n) is 8.40. The first kappa shape index (κ1) is 9.49. The maximum Gasteiger partial charge on any atom is 0.0912 e. The van der Waals surface area contributed by atoms with Crippen LogP contribution in [-0.2, 0) is 6.42 Å². The molecule has 0 bridgehead atoms. The Balaban J connectivity index is 2.32. The minimum Gasteiger partial charge on any atom is -0.387 e. The quantitative estimate of drug-likeness (QED) is 0.724. The Labute approximate surface area is 84.1 Å². The number of benzene rings is 1. The van der Waals surface area contributed by atoms with E-state index in [1.807, 2.05) is 6.07 Å². The summed E-state index contributed by atoms with van der Waals surface area (Å²) in [6.45, 7) is 1.35. The fraction of sp³-hybridized carbons (Fsp3) is 0.455. The molecular formula is C11H16N2O. The van der Waals surface area contributed by atoms with Crippen molar-refractivity contribution in [1.82, 2.24) is 0 Å². The molecule has 1 heterocycles. The largest absolute Gasteiger partial charge is 0.387 e. The molecule has 0 saturated heterocycles. The predicted octanol–water partition coefficient (Wildman–Crippen LogP) is 0.671. The van der Waals surface area contributed by atoms with Crippen molar-refractivity contribution in [2.75, 3.05) is 25.0 Å². The van der Waals surface area contributed by atoms with Crippen LogP contribution in [0, 0.1) is 0 Å². The number of hydrogen-bond acceptors (Lipinski definition) is 3. The highest BCUT2D eigenvalue weighted by atomic mass is 16.3. The van der Waals surface area contributed by atoms with E-state index in [9.17, 15) is 5.11 Å². The molecule has 0 radical (unpaired) electrons. The standard InChI is InChI=1S/C11H16N2O/c1-13-5-4-8-6-9(11(14)7-12)2-3-10(8)13/h2-3,6,11,14H,4-5,7,12H2,1H3/t11-/m1/s1. The van der Waals surface area contributed by atoms with E-state index in [4.69, 9.17) is 5.73 Å². The van der Waals surface area contributed by atoms with Gasteiger partial charge in [-0.25, -0.2) is 0 Å². The van der Waals surface area contributed by atoms with Crippen LogP contribution in [0.5, 0.6) is 0 Å². The first-order chi connectivity index (χ1) is 6.72. The fourth-order valence-corrected chi connectivity index (χ4v) is 1.93. The topological polar surface area (TPSA) is 49.5 Å². The summed E-state index contributed by atoms with van der Waals surface area (Å²) in [6.07, 6.45) is 0.544. The first-order valence-corrected chi connectivity index (χ1v) is 4.94. The highest BCUT2D eigenvalue weighted by Crippen LogP contribution is 2.28. The Bertz CT molecular complexity index is 338. The van der Waals surface area contributed by atoms with Crippen LogP contribution in [0.4, 0.5) is 5.69 Å². The van der Waals surface area contributed by atoms with Gasteiger partial charge in [0.1, 0.15) is 0 Å². The van der Waals surface area contributed by atoms with E-state index in [2.05, 4.69) is 24.1 Å². The summed E-state index contributed by atoms with van der Waals surface area (Å²) in [6, 6.07) is 6.09. The normalized spacial score (nSPS) is 16.9. The van der Waals surface area contributed by atoms with Crippen LogP contribution in [0.3, 0.4) is 0 Å². The number of likely N-dealkylation sites (N-methyl/N-ethyl adjacent to an activating group) is 1. The SMILES string of the molecule is CN1CCc2cc([C@H](O)CN)ccc21. The van der Waals surface area contributed by atoms with Gasteiger partial charge in [0, 0.05) is 25.8 Å². The van der Waals surface area contributed by atoms with Crippen molar-refractivity contribution in [3.8, 4) is 0 Å². The van der Waals surface area contributed by atoms with Crippen LogP contribution < -0.4 is 10.6 Å². The zero-order chi connectivity index (χ0) is 10.1. The van der Waals surface area contributed by atoms with Gasteiger partial charge in [0.15, 0.2) is 0 Å². The highest BCUT2D eigenvalue weighted by molar-refractivity contribution is 5.58. The molecule has 1 atom stereocenters. The summed E-state index contributed by atoms with van der Waals surface area (Å²) in [5.41, 5.74) is 8.94. The number of anilines is 1. The molecule has 0 unspecified atom stereocenters. The molecule has 2 rings (SSSR count). The third-order valence-electron chi connectivity index (χ3n) is 2.84. The maximum atomic E-state index is 9.59. The van der Waals surface area contributed by atoms with Crippen molar-refractivity contribution in [3.63, 3.8) is 0 Å². The Kier molecular flexibility index (Phi) is 2.44. The van der Waals surface area contributed by atoms with Gasteiger partial charge in [-0.2, -0.15) is 0 Å². The maximum absolute atomic E-state index is 9.59. The monoisotopic (exact) mass is 192 g/mol. The third-order valence-corrected chi connectivity index (χ3v) is 2.84. The lowest BCUT2D eigenvalue weighted by Gasteiger charge is -2.13. The molecule has 0 aliphatic carbocycles. The molecule has 0 saturated carbocycles. The lowest BCUT2D eigenvalue weighted by molar-refractivity contribution is 0.186. The summed E-state index contributed by atoms with van der Waals surface area (Å²) in [5, 5.41) is 9.59. The molecule has 0 amide bonds. The van der Waals surface area contributed by atoms with Gasteiger partial charge in [0.05, 0.1) is 6.10 Å². The second kappa shape index (κ2) is 3.59. The molecule has 3 heteroatoms. The van der Waals surface area contributed by atoms with Crippen LogP contribution in [0.15, 0.2) is 18.2 Å². The van der Waals surface area contributed by atoms with E-state index >= 15 is 0 Å². The average molecular weight is 192 g/mol. The second-order valence-electron chi connectivity index (χ2n) is 3.81. The van der Waals surface area contributed by atoms with Crippen LogP contribution in [0.1, 0.15) is 17.2 Å². The van der Waals surface area contributed by atoms with Gasteiger partial charge in [-0.3, -0.25) is 0 Å². The average Bonchev–Trinajstić information content (AvgIpc) is 2.59. The van der Waals surface area contributed by atoms with E-state index in [1.54, 1.807) is 0 Å². The number of rotatable bonds is 2. The Morgan fingerprint density at radius 1 is 1.57 bits per heavy atom. The van der Waals surface area contributed by atoms with Crippen molar-refractivity contribution in [2.24, 2.45) is 5.73 Å². The molecule has 14 heavy (non-hydrogen) atoms. The van der Waals surface area contributed by atoms with Crippen LogP contribution in [-0.4, -0.2) is 25.2 Å². The van der Waals surface area contributed by atoms with E-state index < -0.39 is 6.10 Å². The minimum atomic E-state index is -0.522. The smallest absolute Gasteiger partial charge is 0.0912 e. The minimum absolute atomic E-state index is 0.286. The van der Waals surface area contributed by atoms with Gasteiger partial charge < -0.3 is 15.7 Å². The number of nitrogens with zero attached hydrogens (tertiary/aromatic N) is 1. The molecule has 3 N–H and O–H groups in total. The van der Waals surface area contributed by atoms with Crippen LogP contribution in [0.25, 0.3) is 0 Å². The lowest BCUT2D eigenvalue weighted by atomic mass is 10.0. The molecule has 1 aromatic rings. The lowest BCUT2D eigenvalue weighted by Crippen LogP contribution is -2.13. The van der Waals surface area contributed by atoms with Crippen LogP contribution >= 0.6 is 0 Å². The summed E-state index contributed by atoms with van der Waals surface area (Å²) < 4.78 is 0. The summed E-state index contributed by atoms with van der Waals surface area (Å²) >= 11 is 0. The van der Waals surface area contributed by atoms with Gasteiger partial charge >= 0.3 is 0 Å². The summed E-state index contributed by atoms with van der Waals surface area (Å²) in [4.78, 5) is 2.23. The first-order valence-electron chi connectivity index (χ1n) is 4.94. The molecule has 0 aromatic heterocycles. The second-order valence-corrected chi connectivity index (χ2v) is 3.81. The third kappa shape index (κ3) is 1.49. The molecule has 0 spiro atoms. The molecule has 3 nitrogen and oxygen atoms in total. The molecule has 0 fully saturated rings. The van der Waals surface area contributed by atoms with Crippen LogP contribution in [0.2, 0.25) is 0 Å². The number of hydrogen-bond donors (Lipinski definition) is 2. The van der Waals surface area contributed by atoms with E-state index in [0.29, 0.717) is 0 Å². The van der Waals surface area contributed by atoms with E-state index in [1.165, 1.54) is 11.3 Å². The Morgan fingerprint density at radius 3 is 3.07 bits per heavy atom. The zero-order valence-corrected chi connectivity index (χ0v) is 8.40. The number of aliphatic hydroxyl groups is 1. The summed E-state index contributed by atoms with van der Waals surface area (Å²) in [5.74, 6) is 0. The number of nitrogens with two attached hydrogens (primary N) is 1. The van der Waals surface area contributed by atoms with Gasteiger partial charge in [-0.15, -0.1) is 0 Å². The van der Waals surface area contributed by atoms with Gasteiger partial charge in [0.25, 0.3) is 0 Å². The number of aliphatic hydroxyl groups excluding tert-OH is 1. The predicted molar refractivity (Wildman–Crippen MR) is 57.4 cm³/mol. The van der Waals surface area contributed by atoms with Crippen molar-refractivity contribution in [2.45, 2.75) is 12.5 Å². The molecule has 1 aliphatic heterocycles. The van der Waals surface area contributed by atoms with Gasteiger partial charge in [-0.05, 0) is 23.6 Å². The Morgan fingerprint density at radius 2 is 2.36 bits per heavy atom. The molecular weight excluding hydrogens is 176 g/mol.